The van der Waals surface area contributed by atoms with Gasteiger partial charge in [0.1, 0.15) is 5.82 Å². The highest BCUT2D eigenvalue weighted by molar-refractivity contribution is 6.00. The largest absolute Gasteiger partial charge is 0.377 e. The zero-order chi connectivity index (χ0) is 19.8. The third-order valence-electron chi connectivity index (χ3n) is 5.14. The van der Waals surface area contributed by atoms with Crippen molar-refractivity contribution in [3.05, 3.63) is 36.2 Å². The summed E-state index contributed by atoms with van der Waals surface area (Å²) in [6.07, 6.45) is 3.61. The van der Waals surface area contributed by atoms with E-state index in [2.05, 4.69) is 16.9 Å². The normalized spacial score (nSPS) is 17.3. The molecule has 3 aromatic rings. The minimum atomic E-state index is -0.249. The Hall–Kier alpha value is -2.91. The van der Waals surface area contributed by atoms with Crippen LogP contribution in [0.2, 0.25) is 0 Å². The summed E-state index contributed by atoms with van der Waals surface area (Å²) in [5.74, 6) is 0.563. The van der Waals surface area contributed by atoms with Crippen LogP contribution in [0.4, 0.5) is 5.82 Å². The number of carbonyl (C=O) groups excluding carboxylic acids is 1. The Morgan fingerprint density at radius 2 is 2.18 bits per heavy atom. The average Bonchev–Trinajstić information content (AvgIpc) is 3.32. The molecule has 3 aromatic heterocycles. The van der Waals surface area contributed by atoms with Crippen LogP contribution in [0.15, 0.2) is 30.6 Å². The standard InChI is InChI=1S/C19H24N6O3/c1-13-12-28-10-9-24(13)17-11-16(15-5-7-20-22(15)2)25-8-6-14(18(25)21-17)19(26)23(3)27-4/h5-8,11,13H,9-10,12H2,1-4H3/t13-/m1/s1. The van der Waals surface area contributed by atoms with Crippen LogP contribution in [-0.4, -0.2) is 70.1 Å². The van der Waals surface area contributed by atoms with Crippen molar-refractivity contribution in [3.63, 3.8) is 0 Å². The average molecular weight is 384 g/mol. The number of hydroxylamine groups is 2. The summed E-state index contributed by atoms with van der Waals surface area (Å²) in [5.41, 5.74) is 2.92. The highest BCUT2D eigenvalue weighted by Gasteiger charge is 2.25. The van der Waals surface area contributed by atoms with E-state index in [1.54, 1.807) is 19.3 Å². The number of aromatic nitrogens is 4. The molecule has 0 aliphatic carbocycles. The summed E-state index contributed by atoms with van der Waals surface area (Å²) in [6, 6.07) is 5.95. The molecule has 28 heavy (non-hydrogen) atoms. The molecule has 0 aromatic carbocycles. The van der Waals surface area contributed by atoms with Gasteiger partial charge in [0, 0.05) is 39.1 Å². The number of anilines is 1. The fraction of sp³-hybridized carbons (Fsp3) is 0.421. The van der Waals surface area contributed by atoms with Crippen LogP contribution in [0, 0.1) is 0 Å². The fourth-order valence-corrected chi connectivity index (χ4v) is 3.52. The summed E-state index contributed by atoms with van der Waals surface area (Å²) in [7, 11) is 4.94. The van der Waals surface area contributed by atoms with Gasteiger partial charge < -0.3 is 9.64 Å². The topological polar surface area (TPSA) is 77.1 Å². The van der Waals surface area contributed by atoms with E-state index in [4.69, 9.17) is 14.6 Å². The molecule has 1 aliphatic heterocycles. The number of aryl methyl sites for hydroxylation is 1. The molecule has 1 fully saturated rings. The van der Waals surface area contributed by atoms with E-state index in [1.807, 2.05) is 34.5 Å². The Morgan fingerprint density at radius 1 is 1.36 bits per heavy atom. The van der Waals surface area contributed by atoms with Crippen LogP contribution in [0.1, 0.15) is 17.3 Å². The van der Waals surface area contributed by atoms with E-state index >= 15 is 0 Å². The number of hydrogen-bond acceptors (Lipinski definition) is 6. The van der Waals surface area contributed by atoms with Crippen LogP contribution in [-0.2, 0) is 16.6 Å². The quantitative estimate of drug-likeness (QED) is 0.636. The smallest absolute Gasteiger partial charge is 0.280 e. The maximum absolute atomic E-state index is 12.8. The molecule has 1 atom stereocenters. The predicted octanol–water partition coefficient (Wildman–Crippen LogP) is 1.59. The van der Waals surface area contributed by atoms with Crippen molar-refractivity contribution in [1.29, 1.82) is 0 Å². The second kappa shape index (κ2) is 7.25. The van der Waals surface area contributed by atoms with Crippen molar-refractivity contribution in [2.45, 2.75) is 13.0 Å². The zero-order valence-electron chi connectivity index (χ0n) is 16.5. The number of carbonyl (C=O) groups is 1. The third-order valence-corrected chi connectivity index (χ3v) is 5.14. The lowest BCUT2D eigenvalue weighted by molar-refractivity contribution is -0.0755. The first kappa shape index (κ1) is 18.5. The van der Waals surface area contributed by atoms with Crippen LogP contribution < -0.4 is 4.90 Å². The third kappa shape index (κ3) is 3.02. The Balaban J connectivity index is 1.93. The maximum Gasteiger partial charge on any atom is 0.280 e. The van der Waals surface area contributed by atoms with Crippen molar-refractivity contribution >= 4 is 17.4 Å². The van der Waals surface area contributed by atoms with Crippen molar-refractivity contribution < 1.29 is 14.4 Å². The summed E-state index contributed by atoms with van der Waals surface area (Å²) >= 11 is 0. The first-order chi connectivity index (χ1) is 13.5. The van der Waals surface area contributed by atoms with E-state index < -0.39 is 0 Å². The van der Waals surface area contributed by atoms with Gasteiger partial charge in [0.25, 0.3) is 5.91 Å². The van der Waals surface area contributed by atoms with E-state index in [0.29, 0.717) is 24.4 Å². The van der Waals surface area contributed by atoms with Gasteiger partial charge in [0.15, 0.2) is 5.65 Å². The Kier molecular flexibility index (Phi) is 4.78. The lowest BCUT2D eigenvalue weighted by Crippen LogP contribution is -2.44. The number of fused-ring (bicyclic) bond motifs is 1. The van der Waals surface area contributed by atoms with Crippen LogP contribution in [0.3, 0.4) is 0 Å². The van der Waals surface area contributed by atoms with Crippen LogP contribution in [0.5, 0.6) is 0 Å². The molecule has 1 amide bonds. The molecule has 4 rings (SSSR count). The first-order valence-electron chi connectivity index (χ1n) is 9.18. The molecule has 0 N–H and O–H groups in total. The van der Waals surface area contributed by atoms with Gasteiger partial charge in [-0.1, -0.05) is 0 Å². The molecule has 0 radical (unpaired) electrons. The molecule has 1 aliphatic rings. The minimum absolute atomic E-state index is 0.193. The Bertz CT molecular complexity index is 1010. The fourth-order valence-electron chi connectivity index (χ4n) is 3.52. The van der Waals surface area contributed by atoms with Crippen molar-refractivity contribution in [1.82, 2.24) is 24.2 Å². The molecule has 0 spiro atoms. The monoisotopic (exact) mass is 384 g/mol. The highest BCUT2D eigenvalue weighted by Crippen LogP contribution is 2.28. The van der Waals surface area contributed by atoms with Gasteiger partial charge in [0.05, 0.1) is 43.3 Å². The van der Waals surface area contributed by atoms with Crippen molar-refractivity contribution in [2.75, 3.05) is 38.8 Å². The molecule has 148 valence electrons. The van der Waals surface area contributed by atoms with E-state index in [-0.39, 0.29) is 11.9 Å². The van der Waals surface area contributed by atoms with Crippen molar-refractivity contribution in [3.8, 4) is 11.4 Å². The van der Waals surface area contributed by atoms with E-state index in [1.165, 1.54) is 12.2 Å². The van der Waals surface area contributed by atoms with Crippen LogP contribution >= 0.6 is 0 Å². The molecule has 9 nitrogen and oxygen atoms in total. The summed E-state index contributed by atoms with van der Waals surface area (Å²) in [6.45, 7) is 4.15. The van der Waals surface area contributed by atoms with Crippen LogP contribution in [0.25, 0.3) is 17.0 Å². The van der Waals surface area contributed by atoms with Gasteiger partial charge in [-0.3, -0.25) is 18.7 Å². The Labute approximate surface area is 163 Å². The van der Waals surface area contributed by atoms with E-state index in [9.17, 15) is 4.79 Å². The van der Waals surface area contributed by atoms with E-state index in [0.717, 1.165) is 23.8 Å². The van der Waals surface area contributed by atoms with Gasteiger partial charge in [-0.25, -0.2) is 10.0 Å². The SMILES string of the molecule is CON(C)C(=O)c1ccn2c(-c3ccnn3C)cc(N3CCOC[C@H]3C)nc12. The highest BCUT2D eigenvalue weighted by atomic mass is 16.7. The van der Waals surface area contributed by atoms with Gasteiger partial charge in [-0.15, -0.1) is 0 Å². The molecule has 9 heteroatoms. The predicted molar refractivity (Wildman–Crippen MR) is 104 cm³/mol. The number of amides is 1. The lowest BCUT2D eigenvalue weighted by atomic mass is 10.2. The molecular formula is C19H24N6O3. The molecule has 4 heterocycles. The zero-order valence-corrected chi connectivity index (χ0v) is 16.5. The number of hydrogen-bond donors (Lipinski definition) is 0. The minimum Gasteiger partial charge on any atom is -0.377 e. The first-order valence-corrected chi connectivity index (χ1v) is 9.18. The molecular weight excluding hydrogens is 360 g/mol. The lowest BCUT2D eigenvalue weighted by Gasteiger charge is -2.34. The molecule has 0 unspecified atom stereocenters. The summed E-state index contributed by atoms with van der Waals surface area (Å²) in [4.78, 5) is 24.9. The second-order valence-corrected chi connectivity index (χ2v) is 6.87. The number of nitrogens with zero attached hydrogens (tertiary/aromatic N) is 6. The number of morpholine rings is 1. The van der Waals surface area contributed by atoms with Gasteiger partial charge in [-0.2, -0.15) is 5.10 Å². The summed E-state index contributed by atoms with van der Waals surface area (Å²) in [5, 5.41) is 5.49. The number of rotatable bonds is 4. The maximum atomic E-state index is 12.8. The van der Waals surface area contributed by atoms with Gasteiger partial charge in [0.2, 0.25) is 0 Å². The van der Waals surface area contributed by atoms with Crippen molar-refractivity contribution in [2.24, 2.45) is 7.05 Å². The molecule has 0 saturated carbocycles. The number of ether oxygens (including phenoxy) is 1. The van der Waals surface area contributed by atoms with Gasteiger partial charge in [-0.05, 0) is 19.1 Å². The Morgan fingerprint density at radius 3 is 2.86 bits per heavy atom. The second-order valence-electron chi connectivity index (χ2n) is 6.87. The summed E-state index contributed by atoms with van der Waals surface area (Å²) < 4.78 is 9.30. The molecule has 1 saturated heterocycles. The van der Waals surface area contributed by atoms with Gasteiger partial charge >= 0.3 is 0 Å². The molecule has 0 bridgehead atoms.